The first-order chi connectivity index (χ1) is 4.22. The van der Waals surface area contributed by atoms with Gasteiger partial charge in [-0.15, -0.1) is 0 Å². The Morgan fingerprint density at radius 1 is 1.33 bits per heavy atom. The molecule has 0 radical (unpaired) electrons. The summed E-state index contributed by atoms with van der Waals surface area (Å²) in [5, 5.41) is 3.40. The molecule has 1 fully saturated rings. The Kier molecular flexibility index (Phi) is 2.12. The molecule has 1 heterocycles. The normalized spacial score (nSPS) is 36.0. The Bertz CT molecular complexity index is 88.6. The lowest BCUT2D eigenvalue weighted by Crippen LogP contribution is -2.15. The van der Waals surface area contributed by atoms with E-state index in [0.29, 0.717) is 0 Å². The van der Waals surface area contributed by atoms with Crippen LogP contribution in [-0.2, 0) is 0 Å². The van der Waals surface area contributed by atoms with Gasteiger partial charge in [-0.1, -0.05) is 20.8 Å². The van der Waals surface area contributed by atoms with Gasteiger partial charge < -0.3 is 5.32 Å². The second kappa shape index (κ2) is 2.70. The molecule has 0 aliphatic carbocycles. The Labute approximate surface area is 57.8 Å². The molecule has 1 aliphatic heterocycles. The van der Waals surface area contributed by atoms with E-state index in [4.69, 9.17) is 0 Å². The third-order valence-electron chi connectivity index (χ3n) is 2.43. The molecule has 2 atom stereocenters. The average Bonchev–Trinajstić information content (AvgIpc) is 2.13. The minimum absolute atomic E-state index is 0.856. The minimum Gasteiger partial charge on any atom is -0.316 e. The number of rotatable bonds is 1. The highest BCUT2D eigenvalue weighted by atomic mass is 14.9. The quantitative estimate of drug-likeness (QED) is 0.563. The molecule has 0 amide bonds. The van der Waals surface area contributed by atoms with Crippen molar-refractivity contribution in [3.05, 3.63) is 0 Å². The van der Waals surface area contributed by atoms with Gasteiger partial charge >= 0.3 is 0 Å². The highest BCUT2D eigenvalue weighted by Crippen LogP contribution is 2.23. The second-order valence-corrected chi connectivity index (χ2v) is 3.54. The van der Waals surface area contributed by atoms with Crippen LogP contribution in [0.5, 0.6) is 0 Å². The van der Waals surface area contributed by atoms with Gasteiger partial charge in [0.1, 0.15) is 0 Å². The van der Waals surface area contributed by atoms with Crippen LogP contribution in [0.1, 0.15) is 20.8 Å². The van der Waals surface area contributed by atoms with Crippen molar-refractivity contribution < 1.29 is 0 Å². The summed E-state index contributed by atoms with van der Waals surface area (Å²) in [6, 6.07) is 0. The topological polar surface area (TPSA) is 12.0 Å². The predicted octanol–water partition coefficient (Wildman–Crippen LogP) is 1.50. The van der Waals surface area contributed by atoms with Gasteiger partial charge in [0, 0.05) is 0 Å². The van der Waals surface area contributed by atoms with Crippen LogP contribution in [0.3, 0.4) is 0 Å². The maximum absolute atomic E-state index is 3.40. The first kappa shape index (κ1) is 7.07. The maximum Gasteiger partial charge on any atom is -0.00149 e. The van der Waals surface area contributed by atoms with Crippen molar-refractivity contribution in [2.75, 3.05) is 13.1 Å². The molecule has 0 aromatic rings. The van der Waals surface area contributed by atoms with E-state index in [2.05, 4.69) is 26.1 Å². The van der Waals surface area contributed by atoms with Crippen LogP contribution in [0.15, 0.2) is 0 Å². The monoisotopic (exact) mass is 127 g/mol. The van der Waals surface area contributed by atoms with Gasteiger partial charge in [-0.2, -0.15) is 0 Å². The molecule has 0 spiro atoms. The van der Waals surface area contributed by atoms with E-state index in [1.54, 1.807) is 0 Å². The van der Waals surface area contributed by atoms with Gasteiger partial charge in [0.05, 0.1) is 0 Å². The molecule has 0 saturated carbocycles. The lowest BCUT2D eigenvalue weighted by atomic mass is 9.88. The Morgan fingerprint density at radius 2 is 2.00 bits per heavy atom. The molecule has 1 saturated heterocycles. The van der Waals surface area contributed by atoms with E-state index < -0.39 is 0 Å². The van der Waals surface area contributed by atoms with E-state index in [0.717, 1.165) is 17.8 Å². The van der Waals surface area contributed by atoms with Crippen LogP contribution < -0.4 is 5.32 Å². The standard InChI is InChI=1S/C8H17N/c1-6(2)8-5-9-4-7(8)3/h6-9H,4-5H2,1-3H3. The molecular weight excluding hydrogens is 110 g/mol. The van der Waals surface area contributed by atoms with E-state index in [1.165, 1.54) is 13.1 Å². The van der Waals surface area contributed by atoms with Crippen molar-refractivity contribution in [2.45, 2.75) is 20.8 Å². The zero-order chi connectivity index (χ0) is 6.85. The average molecular weight is 127 g/mol. The van der Waals surface area contributed by atoms with Crippen molar-refractivity contribution in [3.63, 3.8) is 0 Å². The summed E-state index contributed by atoms with van der Waals surface area (Å²) in [6.07, 6.45) is 0. The smallest absolute Gasteiger partial charge is 0.00149 e. The van der Waals surface area contributed by atoms with Gasteiger partial charge in [-0.3, -0.25) is 0 Å². The van der Waals surface area contributed by atoms with Crippen LogP contribution in [-0.4, -0.2) is 13.1 Å². The van der Waals surface area contributed by atoms with Gasteiger partial charge in [0.15, 0.2) is 0 Å². The molecule has 0 bridgehead atoms. The SMILES string of the molecule is CC(C)C1CNCC1C. The van der Waals surface area contributed by atoms with Gasteiger partial charge in [0.2, 0.25) is 0 Å². The fourth-order valence-corrected chi connectivity index (χ4v) is 1.72. The fourth-order valence-electron chi connectivity index (χ4n) is 1.72. The number of hydrogen-bond donors (Lipinski definition) is 1. The van der Waals surface area contributed by atoms with Crippen LogP contribution in [0.25, 0.3) is 0 Å². The summed E-state index contributed by atoms with van der Waals surface area (Å²) >= 11 is 0. The lowest BCUT2D eigenvalue weighted by molar-refractivity contribution is 0.339. The summed E-state index contributed by atoms with van der Waals surface area (Å²) < 4.78 is 0. The molecule has 2 unspecified atom stereocenters. The summed E-state index contributed by atoms with van der Waals surface area (Å²) in [6.45, 7) is 9.43. The van der Waals surface area contributed by atoms with Crippen molar-refractivity contribution in [3.8, 4) is 0 Å². The number of nitrogens with one attached hydrogen (secondary N) is 1. The Morgan fingerprint density at radius 3 is 2.22 bits per heavy atom. The van der Waals surface area contributed by atoms with Gasteiger partial charge in [-0.05, 0) is 30.8 Å². The molecular formula is C8H17N. The first-order valence-corrected chi connectivity index (χ1v) is 3.92. The van der Waals surface area contributed by atoms with Crippen LogP contribution in [0.2, 0.25) is 0 Å². The van der Waals surface area contributed by atoms with Crippen LogP contribution in [0, 0.1) is 17.8 Å². The molecule has 9 heavy (non-hydrogen) atoms. The summed E-state index contributed by atoms with van der Waals surface area (Å²) in [5.41, 5.74) is 0. The van der Waals surface area contributed by atoms with E-state index >= 15 is 0 Å². The summed E-state index contributed by atoms with van der Waals surface area (Å²) in [4.78, 5) is 0. The molecule has 54 valence electrons. The fraction of sp³-hybridized carbons (Fsp3) is 1.00. The first-order valence-electron chi connectivity index (χ1n) is 3.92. The zero-order valence-electron chi connectivity index (χ0n) is 6.65. The van der Waals surface area contributed by atoms with Gasteiger partial charge in [-0.25, -0.2) is 0 Å². The summed E-state index contributed by atoms with van der Waals surface area (Å²) in [7, 11) is 0. The van der Waals surface area contributed by atoms with Crippen molar-refractivity contribution in [1.29, 1.82) is 0 Å². The summed E-state index contributed by atoms with van der Waals surface area (Å²) in [5.74, 6) is 2.67. The molecule has 0 aromatic heterocycles. The molecule has 1 nitrogen and oxygen atoms in total. The Hall–Kier alpha value is -0.0400. The number of hydrogen-bond acceptors (Lipinski definition) is 1. The maximum atomic E-state index is 3.40. The second-order valence-electron chi connectivity index (χ2n) is 3.54. The van der Waals surface area contributed by atoms with Crippen LogP contribution in [0.4, 0.5) is 0 Å². The minimum atomic E-state index is 0.856. The molecule has 1 heteroatoms. The largest absolute Gasteiger partial charge is 0.316 e. The van der Waals surface area contributed by atoms with E-state index in [1.807, 2.05) is 0 Å². The highest BCUT2D eigenvalue weighted by Gasteiger charge is 2.24. The van der Waals surface area contributed by atoms with Gasteiger partial charge in [0.25, 0.3) is 0 Å². The predicted molar refractivity (Wildman–Crippen MR) is 40.4 cm³/mol. The van der Waals surface area contributed by atoms with Crippen molar-refractivity contribution >= 4 is 0 Å². The highest BCUT2D eigenvalue weighted by molar-refractivity contribution is 4.79. The van der Waals surface area contributed by atoms with Crippen LogP contribution >= 0.6 is 0 Å². The third kappa shape index (κ3) is 1.45. The Balaban J connectivity index is 2.40. The third-order valence-corrected chi connectivity index (χ3v) is 2.43. The molecule has 1 N–H and O–H groups in total. The zero-order valence-corrected chi connectivity index (χ0v) is 6.65. The molecule has 1 aliphatic rings. The molecule has 1 rings (SSSR count). The van der Waals surface area contributed by atoms with E-state index in [-0.39, 0.29) is 0 Å². The van der Waals surface area contributed by atoms with Crippen molar-refractivity contribution in [2.24, 2.45) is 17.8 Å². The van der Waals surface area contributed by atoms with Crippen molar-refractivity contribution in [1.82, 2.24) is 5.32 Å². The van der Waals surface area contributed by atoms with E-state index in [9.17, 15) is 0 Å². The molecule has 0 aromatic carbocycles. The lowest BCUT2D eigenvalue weighted by Gasteiger charge is -2.17.